The Hall–Kier alpha value is -1.47. The van der Waals surface area contributed by atoms with Gasteiger partial charge in [-0.05, 0) is 6.92 Å². The van der Waals surface area contributed by atoms with E-state index in [1.165, 1.54) is 12.0 Å². The second-order valence-electron chi connectivity index (χ2n) is 3.93. The Bertz CT molecular complexity index is 551. The van der Waals surface area contributed by atoms with E-state index in [1.54, 1.807) is 22.7 Å². The first kappa shape index (κ1) is 14.0. The lowest BCUT2D eigenvalue weighted by molar-refractivity contribution is -0.140. The fraction of sp³-hybridized carbons (Fsp3) is 0.417. The summed E-state index contributed by atoms with van der Waals surface area (Å²) in [6, 6.07) is 0. The molecule has 2 aromatic heterocycles. The van der Waals surface area contributed by atoms with Gasteiger partial charge in [0.15, 0.2) is 5.13 Å². The normalized spacial score (nSPS) is 10.4. The Morgan fingerprint density at radius 2 is 2.32 bits per heavy atom. The quantitative estimate of drug-likeness (QED) is 0.830. The molecule has 0 fully saturated rings. The number of hydrogen-bond acceptors (Lipinski definition) is 7. The summed E-state index contributed by atoms with van der Waals surface area (Å²) >= 11 is 3.18. The Balaban J connectivity index is 1.84. The van der Waals surface area contributed by atoms with E-state index >= 15 is 0 Å². The third-order valence-electron chi connectivity index (χ3n) is 2.61. The molecule has 5 nitrogen and oxygen atoms in total. The van der Waals surface area contributed by atoms with E-state index in [-0.39, 0.29) is 5.97 Å². The highest BCUT2D eigenvalue weighted by Gasteiger charge is 2.07. The van der Waals surface area contributed by atoms with Crippen molar-refractivity contribution in [1.82, 2.24) is 9.97 Å². The van der Waals surface area contributed by atoms with E-state index < -0.39 is 0 Å². The number of thiazole rings is 2. The van der Waals surface area contributed by atoms with Crippen LogP contribution in [0.2, 0.25) is 0 Å². The maximum Gasteiger partial charge on any atom is 0.305 e. The van der Waals surface area contributed by atoms with E-state index in [4.69, 9.17) is 0 Å². The van der Waals surface area contributed by atoms with Crippen molar-refractivity contribution in [3.63, 3.8) is 0 Å². The number of hydrogen-bond donors (Lipinski definition) is 1. The molecule has 0 aliphatic heterocycles. The van der Waals surface area contributed by atoms with E-state index in [1.807, 2.05) is 17.8 Å². The number of aromatic nitrogens is 2. The largest absolute Gasteiger partial charge is 0.469 e. The molecule has 0 saturated heterocycles. The summed E-state index contributed by atoms with van der Waals surface area (Å²) in [5, 5.41) is 6.10. The van der Waals surface area contributed by atoms with Crippen molar-refractivity contribution in [2.24, 2.45) is 0 Å². The van der Waals surface area contributed by atoms with Crippen molar-refractivity contribution >= 4 is 33.8 Å². The molecule has 0 atom stereocenters. The van der Waals surface area contributed by atoms with Gasteiger partial charge >= 0.3 is 5.97 Å². The summed E-state index contributed by atoms with van der Waals surface area (Å²) in [7, 11) is 1.40. The van der Waals surface area contributed by atoms with Gasteiger partial charge in [0.2, 0.25) is 0 Å². The van der Waals surface area contributed by atoms with Crippen LogP contribution in [0.4, 0.5) is 5.13 Å². The fourth-order valence-electron chi connectivity index (χ4n) is 1.49. The van der Waals surface area contributed by atoms with Crippen molar-refractivity contribution in [1.29, 1.82) is 0 Å². The minimum Gasteiger partial charge on any atom is -0.469 e. The highest BCUT2D eigenvalue weighted by Crippen LogP contribution is 2.19. The summed E-state index contributed by atoms with van der Waals surface area (Å²) in [5.74, 6) is -0.206. The Morgan fingerprint density at radius 3 is 3.00 bits per heavy atom. The highest BCUT2D eigenvalue weighted by atomic mass is 32.1. The molecule has 0 aliphatic carbocycles. The number of esters is 1. The third kappa shape index (κ3) is 4.00. The predicted octanol–water partition coefficient (Wildman–Crippen LogP) is 2.63. The van der Waals surface area contributed by atoms with Gasteiger partial charge in [-0.3, -0.25) is 4.79 Å². The SMILES string of the molecule is COC(=O)CCc1csc(NCc2scnc2C)n1. The van der Waals surface area contributed by atoms with Crippen molar-refractivity contribution < 1.29 is 9.53 Å². The Morgan fingerprint density at radius 1 is 1.47 bits per heavy atom. The van der Waals surface area contributed by atoms with Gasteiger partial charge in [-0.25, -0.2) is 9.97 Å². The van der Waals surface area contributed by atoms with Crippen LogP contribution in [0.5, 0.6) is 0 Å². The monoisotopic (exact) mass is 297 g/mol. The third-order valence-corrected chi connectivity index (χ3v) is 4.39. The molecule has 0 unspecified atom stereocenters. The molecule has 1 N–H and O–H groups in total. The van der Waals surface area contributed by atoms with Crippen LogP contribution >= 0.6 is 22.7 Å². The molecule has 0 spiro atoms. The molecule has 102 valence electrons. The summed E-state index contributed by atoms with van der Waals surface area (Å²) in [4.78, 5) is 20.9. The molecule has 0 aliphatic rings. The molecule has 0 aromatic carbocycles. The van der Waals surface area contributed by atoms with Crippen molar-refractivity contribution in [2.45, 2.75) is 26.3 Å². The molecular weight excluding hydrogens is 282 g/mol. The van der Waals surface area contributed by atoms with Crippen molar-refractivity contribution in [2.75, 3.05) is 12.4 Å². The Labute approximate surface area is 119 Å². The summed E-state index contributed by atoms with van der Waals surface area (Å²) in [5.41, 5.74) is 3.81. The molecule has 0 saturated carbocycles. The maximum atomic E-state index is 11.0. The van der Waals surface area contributed by atoms with Gasteiger partial charge in [0.1, 0.15) is 0 Å². The number of methoxy groups -OCH3 is 1. The average molecular weight is 297 g/mol. The standard InChI is InChI=1S/C12H15N3O2S2/c1-8-10(19-7-14-8)5-13-12-15-9(6-18-12)3-4-11(16)17-2/h6-7H,3-5H2,1-2H3,(H,13,15). The van der Waals surface area contributed by atoms with Gasteiger partial charge in [0.05, 0.1) is 37.0 Å². The average Bonchev–Trinajstić information content (AvgIpc) is 3.02. The number of anilines is 1. The van der Waals surface area contributed by atoms with Crippen LogP contribution in [0.3, 0.4) is 0 Å². The first-order valence-corrected chi connectivity index (χ1v) is 7.59. The number of aryl methyl sites for hydroxylation is 2. The van der Waals surface area contributed by atoms with Gasteiger partial charge in [0, 0.05) is 16.7 Å². The number of rotatable bonds is 6. The second-order valence-corrected chi connectivity index (χ2v) is 5.73. The lowest BCUT2D eigenvalue weighted by Gasteiger charge is -2.00. The summed E-state index contributed by atoms with van der Waals surface area (Å²) in [6.45, 7) is 2.73. The molecule has 19 heavy (non-hydrogen) atoms. The molecule has 7 heteroatoms. The molecular formula is C12H15N3O2S2. The predicted molar refractivity (Wildman–Crippen MR) is 76.6 cm³/mol. The molecule has 0 bridgehead atoms. The topological polar surface area (TPSA) is 64.1 Å². The van der Waals surface area contributed by atoms with Gasteiger partial charge in [0.25, 0.3) is 0 Å². The number of ether oxygens (including phenoxy) is 1. The van der Waals surface area contributed by atoms with Crippen LogP contribution in [-0.2, 0) is 22.5 Å². The van der Waals surface area contributed by atoms with Gasteiger partial charge < -0.3 is 10.1 Å². The van der Waals surface area contributed by atoms with Crippen molar-refractivity contribution in [3.05, 3.63) is 27.2 Å². The highest BCUT2D eigenvalue weighted by molar-refractivity contribution is 7.13. The zero-order chi connectivity index (χ0) is 13.7. The van der Waals surface area contributed by atoms with Crippen LogP contribution in [0, 0.1) is 6.92 Å². The first-order valence-electron chi connectivity index (χ1n) is 5.83. The maximum absolute atomic E-state index is 11.0. The number of nitrogens with zero attached hydrogens (tertiary/aromatic N) is 2. The van der Waals surface area contributed by atoms with Gasteiger partial charge in [-0.2, -0.15) is 0 Å². The van der Waals surface area contributed by atoms with E-state index in [0.717, 1.165) is 23.1 Å². The second kappa shape index (κ2) is 6.63. The van der Waals surface area contributed by atoms with Crippen LogP contribution in [0.25, 0.3) is 0 Å². The molecule has 0 radical (unpaired) electrons. The molecule has 2 rings (SSSR count). The van der Waals surface area contributed by atoms with Crippen LogP contribution < -0.4 is 5.32 Å². The zero-order valence-corrected chi connectivity index (χ0v) is 12.4. The zero-order valence-electron chi connectivity index (χ0n) is 10.8. The minimum absolute atomic E-state index is 0.206. The minimum atomic E-state index is -0.206. The fourth-order valence-corrected chi connectivity index (χ4v) is 2.95. The summed E-state index contributed by atoms with van der Waals surface area (Å²) < 4.78 is 4.60. The van der Waals surface area contributed by atoms with Crippen molar-refractivity contribution in [3.8, 4) is 0 Å². The smallest absolute Gasteiger partial charge is 0.305 e. The van der Waals surface area contributed by atoms with Gasteiger partial charge in [-0.1, -0.05) is 0 Å². The van der Waals surface area contributed by atoms with E-state index in [9.17, 15) is 4.79 Å². The Kier molecular flexibility index (Phi) is 4.86. The lowest BCUT2D eigenvalue weighted by Crippen LogP contribution is -2.02. The van der Waals surface area contributed by atoms with E-state index in [0.29, 0.717) is 12.8 Å². The molecule has 2 aromatic rings. The van der Waals surface area contributed by atoms with Crippen LogP contribution in [-0.4, -0.2) is 23.0 Å². The molecule has 0 amide bonds. The first-order chi connectivity index (χ1) is 9.19. The van der Waals surface area contributed by atoms with Gasteiger partial charge in [-0.15, -0.1) is 22.7 Å². The van der Waals surface area contributed by atoms with E-state index in [2.05, 4.69) is 20.0 Å². The number of carbonyl (C=O) groups is 1. The molecule has 2 heterocycles. The number of nitrogens with one attached hydrogen (secondary N) is 1. The summed E-state index contributed by atoms with van der Waals surface area (Å²) in [6.07, 6.45) is 0.984. The number of carbonyl (C=O) groups excluding carboxylic acids is 1. The lowest BCUT2D eigenvalue weighted by atomic mass is 10.2. The van der Waals surface area contributed by atoms with Crippen LogP contribution in [0.1, 0.15) is 22.7 Å². The van der Waals surface area contributed by atoms with Crippen LogP contribution in [0.15, 0.2) is 10.9 Å².